The fraction of sp³-hybridized carbons (Fsp3) is 0.731. The molecular weight excluding hydrogens is 440 g/mol. The summed E-state index contributed by atoms with van der Waals surface area (Å²) < 4.78 is 37.8. The third-order valence-corrected chi connectivity index (χ3v) is 4.72. The molecule has 0 heterocycles. The van der Waals surface area contributed by atoms with Crippen molar-refractivity contribution in [2.45, 2.75) is 39.0 Å². The number of rotatable bonds is 25. The molecule has 1 aromatic carbocycles. The first-order valence-electron chi connectivity index (χ1n) is 12.5. The first kappa shape index (κ1) is 30.5. The smallest absolute Gasteiger partial charge is 0.338 e. The second-order valence-corrected chi connectivity index (χ2v) is 7.59. The van der Waals surface area contributed by atoms with Gasteiger partial charge in [-0.05, 0) is 18.6 Å². The van der Waals surface area contributed by atoms with Gasteiger partial charge in [0.15, 0.2) is 0 Å². The summed E-state index contributed by atoms with van der Waals surface area (Å²) in [5, 5.41) is 0. The molecule has 0 fully saturated rings. The van der Waals surface area contributed by atoms with Crippen LogP contribution in [0.2, 0.25) is 0 Å². The lowest BCUT2D eigenvalue weighted by Gasteiger charge is -2.08. The lowest BCUT2D eigenvalue weighted by Crippen LogP contribution is -2.15. The van der Waals surface area contributed by atoms with Crippen LogP contribution in [0, 0.1) is 0 Å². The van der Waals surface area contributed by atoms with Gasteiger partial charge in [0.1, 0.15) is 6.61 Å². The van der Waals surface area contributed by atoms with Gasteiger partial charge in [-0.25, -0.2) is 4.79 Å². The molecule has 0 aliphatic heterocycles. The normalized spacial score (nSPS) is 11.1. The number of unbranched alkanes of at least 4 members (excludes halogenated alkanes) is 4. The number of esters is 1. The standard InChI is InChI=1S/C26H44O8/c1-2-3-4-5-9-12-28-13-14-29-15-16-30-17-18-31-19-20-32-21-22-33-23-24-34-26(27)25-10-7-6-8-11-25/h6-8,10-11H,2-5,9,12-24H2,1H3. The average molecular weight is 485 g/mol. The zero-order chi connectivity index (χ0) is 24.4. The van der Waals surface area contributed by atoms with Crippen LogP contribution in [0.1, 0.15) is 49.4 Å². The van der Waals surface area contributed by atoms with E-state index in [4.69, 9.17) is 33.2 Å². The minimum absolute atomic E-state index is 0.217. The molecule has 0 aromatic heterocycles. The SMILES string of the molecule is CCCCCCCOCCOCCOCCOCCOCCOCCOC(=O)c1ccccc1. The molecule has 34 heavy (non-hydrogen) atoms. The van der Waals surface area contributed by atoms with Crippen LogP contribution in [-0.4, -0.2) is 91.9 Å². The molecule has 0 saturated carbocycles. The molecule has 0 unspecified atom stereocenters. The van der Waals surface area contributed by atoms with E-state index in [2.05, 4.69) is 6.92 Å². The van der Waals surface area contributed by atoms with E-state index >= 15 is 0 Å². The zero-order valence-electron chi connectivity index (χ0n) is 20.9. The van der Waals surface area contributed by atoms with Crippen LogP contribution < -0.4 is 0 Å². The van der Waals surface area contributed by atoms with E-state index in [1.54, 1.807) is 24.3 Å². The fourth-order valence-electron chi connectivity index (χ4n) is 2.86. The summed E-state index contributed by atoms with van der Waals surface area (Å²) in [7, 11) is 0. The molecule has 8 heteroatoms. The van der Waals surface area contributed by atoms with Crippen LogP contribution in [0.3, 0.4) is 0 Å². The van der Waals surface area contributed by atoms with Crippen molar-refractivity contribution >= 4 is 5.97 Å². The quantitative estimate of drug-likeness (QED) is 0.153. The molecule has 1 rings (SSSR count). The van der Waals surface area contributed by atoms with Crippen LogP contribution in [0.15, 0.2) is 30.3 Å². The van der Waals surface area contributed by atoms with Gasteiger partial charge in [0.05, 0.1) is 78.2 Å². The molecule has 0 radical (unpaired) electrons. The maximum Gasteiger partial charge on any atom is 0.338 e. The summed E-state index contributed by atoms with van der Waals surface area (Å²) >= 11 is 0. The molecule has 8 nitrogen and oxygen atoms in total. The Hall–Kier alpha value is -1.55. The van der Waals surface area contributed by atoms with Gasteiger partial charge in [-0.15, -0.1) is 0 Å². The summed E-state index contributed by atoms with van der Waals surface area (Å²) in [6.07, 6.45) is 6.27. The Morgan fingerprint density at radius 3 is 1.41 bits per heavy atom. The highest BCUT2D eigenvalue weighted by atomic mass is 16.6. The van der Waals surface area contributed by atoms with Crippen LogP contribution in [0.5, 0.6) is 0 Å². The number of hydrogen-bond acceptors (Lipinski definition) is 8. The Balaban J connectivity index is 1.68. The lowest BCUT2D eigenvalue weighted by atomic mass is 10.2. The molecule has 0 aliphatic carbocycles. The number of carbonyl (C=O) groups excluding carboxylic acids is 1. The van der Waals surface area contributed by atoms with Crippen LogP contribution in [-0.2, 0) is 33.2 Å². The number of benzene rings is 1. The van der Waals surface area contributed by atoms with E-state index in [0.717, 1.165) is 13.0 Å². The Morgan fingerprint density at radius 2 is 0.941 bits per heavy atom. The van der Waals surface area contributed by atoms with Crippen molar-refractivity contribution in [1.82, 2.24) is 0 Å². The van der Waals surface area contributed by atoms with Crippen molar-refractivity contribution < 1.29 is 38.0 Å². The average Bonchev–Trinajstić information content (AvgIpc) is 2.87. The molecule has 0 bridgehead atoms. The van der Waals surface area contributed by atoms with E-state index in [0.29, 0.717) is 78.2 Å². The third kappa shape index (κ3) is 19.9. The number of ether oxygens (including phenoxy) is 7. The Kier molecular flexibility index (Phi) is 22.0. The van der Waals surface area contributed by atoms with E-state index < -0.39 is 0 Å². The number of carbonyl (C=O) groups is 1. The molecule has 0 atom stereocenters. The van der Waals surface area contributed by atoms with E-state index in [1.807, 2.05) is 6.07 Å². The van der Waals surface area contributed by atoms with Crippen molar-refractivity contribution in [3.63, 3.8) is 0 Å². The molecular formula is C26H44O8. The summed E-state index contributed by atoms with van der Waals surface area (Å²) in [6.45, 7) is 8.92. The molecule has 0 amide bonds. The van der Waals surface area contributed by atoms with Crippen LogP contribution >= 0.6 is 0 Å². The maximum atomic E-state index is 11.7. The molecule has 196 valence electrons. The van der Waals surface area contributed by atoms with Crippen LogP contribution in [0.25, 0.3) is 0 Å². The molecule has 1 aromatic rings. The second kappa shape index (κ2) is 24.6. The monoisotopic (exact) mass is 484 g/mol. The predicted octanol–water partition coefficient (Wildman–Crippen LogP) is 3.91. The molecule has 0 saturated heterocycles. The third-order valence-electron chi connectivity index (χ3n) is 4.72. The zero-order valence-corrected chi connectivity index (χ0v) is 20.9. The first-order valence-corrected chi connectivity index (χ1v) is 12.5. The van der Waals surface area contributed by atoms with Gasteiger partial charge in [-0.3, -0.25) is 0 Å². The van der Waals surface area contributed by atoms with E-state index in [1.165, 1.54) is 25.7 Å². The Labute approximate surface area is 205 Å². The minimum atomic E-state index is -0.345. The van der Waals surface area contributed by atoms with Gasteiger partial charge < -0.3 is 33.2 Å². The van der Waals surface area contributed by atoms with Crippen LogP contribution in [0.4, 0.5) is 0 Å². The highest BCUT2D eigenvalue weighted by Crippen LogP contribution is 2.02. The maximum absolute atomic E-state index is 11.7. The van der Waals surface area contributed by atoms with Gasteiger partial charge in [0.2, 0.25) is 0 Å². The molecule has 0 spiro atoms. The summed E-state index contributed by atoms with van der Waals surface area (Å²) in [5.74, 6) is -0.345. The Morgan fingerprint density at radius 1 is 0.529 bits per heavy atom. The Bertz CT molecular complexity index is 555. The van der Waals surface area contributed by atoms with Gasteiger partial charge in [-0.1, -0.05) is 50.8 Å². The lowest BCUT2D eigenvalue weighted by molar-refractivity contribution is -0.0194. The van der Waals surface area contributed by atoms with Crippen molar-refractivity contribution in [1.29, 1.82) is 0 Å². The van der Waals surface area contributed by atoms with Gasteiger partial charge >= 0.3 is 5.97 Å². The highest BCUT2D eigenvalue weighted by molar-refractivity contribution is 5.89. The number of hydrogen-bond donors (Lipinski definition) is 0. The van der Waals surface area contributed by atoms with Crippen molar-refractivity contribution in [3.8, 4) is 0 Å². The van der Waals surface area contributed by atoms with Crippen molar-refractivity contribution in [2.24, 2.45) is 0 Å². The fourth-order valence-corrected chi connectivity index (χ4v) is 2.86. The summed E-state index contributed by atoms with van der Waals surface area (Å²) in [6, 6.07) is 8.88. The van der Waals surface area contributed by atoms with Crippen molar-refractivity contribution in [3.05, 3.63) is 35.9 Å². The van der Waals surface area contributed by atoms with Crippen molar-refractivity contribution in [2.75, 3.05) is 85.9 Å². The summed E-state index contributed by atoms with van der Waals surface area (Å²) in [5.41, 5.74) is 0.536. The summed E-state index contributed by atoms with van der Waals surface area (Å²) in [4.78, 5) is 11.7. The first-order chi connectivity index (χ1) is 16.8. The molecule has 0 aliphatic rings. The highest BCUT2D eigenvalue weighted by Gasteiger charge is 2.05. The van der Waals surface area contributed by atoms with Gasteiger partial charge in [0.25, 0.3) is 0 Å². The minimum Gasteiger partial charge on any atom is -0.460 e. The topological polar surface area (TPSA) is 81.7 Å². The predicted molar refractivity (Wildman–Crippen MR) is 130 cm³/mol. The van der Waals surface area contributed by atoms with E-state index in [-0.39, 0.29) is 12.6 Å². The van der Waals surface area contributed by atoms with Gasteiger partial charge in [-0.2, -0.15) is 0 Å². The largest absolute Gasteiger partial charge is 0.460 e. The second-order valence-electron chi connectivity index (χ2n) is 7.59. The molecule has 0 N–H and O–H groups in total. The van der Waals surface area contributed by atoms with E-state index in [9.17, 15) is 4.79 Å². The van der Waals surface area contributed by atoms with Gasteiger partial charge in [0, 0.05) is 6.61 Å².